The number of anilines is 4. The quantitative estimate of drug-likeness (QED) is 0.411. The molecule has 6 rings (SSSR count). The molecule has 0 spiro atoms. The van der Waals surface area contributed by atoms with Crippen LogP contribution in [-0.4, -0.2) is 113 Å². The molecular formula is C29H37N9O3. The van der Waals surface area contributed by atoms with Crippen molar-refractivity contribution in [3.05, 3.63) is 47.8 Å². The summed E-state index contributed by atoms with van der Waals surface area (Å²) in [4.78, 5) is 39.9. The molecule has 3 aliphatic rings. The average molecular weight is 560 g/mol. The number of carbonyl (C=O) groups excluding carboxylic acids is 1. The first-order valence-corrected chi connectivity index (χ1v) is 14.4. The highest BCUT2D eigenvalue weighted by Crippen LogP contribution is 2.39. The highest BCUT2D eigenvalue weighted by molar-refractivity contribution is 5.78. The Kier molecular flexibility index (Phi) is 8.21. The SMILES string of the molecule is Nc1ncc(-c2nc(N3CCOCC3)nc3c2CCN3c2cccc(CCC(=O)N3CCN(CCO)CC3)c2)cn1. The van der Waals surface area contributed by atoms with Gasteiger partial charge in [-0.2, -0.15) is 4.98 Å². The molecule has 0 saturated carbocycles. The second kappa shape index (κ2) is 12.3. The minimum atomic E-state index is 0.156. The highest BCUT2D eigenvalue weighted by atomic mass is 16.5. The molecule has 12 nitrogen and oxygen atoms in total. The van der Waals surface area contributed by atoms with Gasteiger partial charge in [0, 0.05) is 88.0 Å². The molecule has 3 aliphatic heterocycles. The van der Waals surface area contributed by atoms with Crippen molar-refractivity contribution in [1.29, 1.82) is 0 Å². The summed E-state index contributed by atoms with van der Waals surface area (Å²) >= 11 is 0. The standard InChI is InChI=1S/C29H37N9O3/c30-28-31-19-22(20-32-28)26-24-6-7-38(27(24)34-29(33-26)37-13-16-41-17-14-37)23-3-1-2-21(18-23)4-5-25(40)36-10-8-35(9-11-36)12-15-39/h1-3,18-20,39H,4-17H2,(H2,30,31,32). The van der Waals surface area contributed by atoms with E-state index in [-0.39, 0.29) is 18.5 Å². The van der Waals surface area contributed by atoms with E-state index in [4.69, 9.17) is 25.5 Å². The highest BCUT2D eigenvalue weighted by Gasteiger charge is 2.29. The number of aliphatic hydroxyl groups is 1. The summed E-state index contributed by atoms with van der Waals surface area (Å²) in [6, 6.07) is 8.41. The Labute approximate surface area is 239 Å². The van der Waals surface area contributed by atoms with E-state index in [0.717, 1.165) is 86.1 Å². The largest absolute Gasteiger partial charge is 0.395 e. The van der Waals surface area contributed by atoms with E-state index >= 15 is 0 Å². The third-order valence-electron chi connectivity index (χ3n) is 8.04. The molecule has 3 aromatic rings. The Morgan fingerprint density at radius 2 is 1.78 bits per heavy atom. The maximum atomic E-state index is 12.9. The van der Waals surface area contributed by atoms with E-state index in [1.807, 2.05) is 4.90 Å². The lowest BCUT2D eigenvalue weighted by atomic mass is 10.1. The van der Waals surface area contributed by atoms with Crippen LogP contribution in [0.2, 0.25) is 0 Å². The molecule has 0 radical (unpaired) electrons. The first kappa shape index (κ1) is 27.3. The summed E-state index contributed by atoms with van der Waals surface area (Å²) in [7, 11) is 0. The lowest BCUT2D eigenvalue weighted by molar-refractivity contribution is -0.132. The van der Waals surface area contributed by atoms with Crippen molar-refractivity contribution in [3.63, 3.8) is 0 Å². The van der Waals surface area contributed by atoms with Crippen molar-refractivity contribution in [3.8, 4) is 11.3 Å². The maximum absolute atomic E-state index is 12.9. The van der Waals surface area contributed by atoms with Crippen LogP contribution in [0.5, 0.6) is 0 Å². The lowest BCUT2D eigenvalue weighted by Crippen LogP contribution is -2.49. The fraction of sp³-hybridized carbons (Fsp3) is 0.483. The number of carbonyl (C=O) groups is 1. The van der Waals surface area contributed by atoms with Crippen LogP contribution in [0, 0.1) is 0 Å². The fourth-order valence-corrected chi connectivity index (χ4v) is 5.75. The van der Waals surface area contributed by atoms with Crippen LogP contribution in [0.4, 0.5) is 23.4 Å². The zero-order valence-electron chi connectivity index (χ0n) is 23.3. The van der Waals surface area contributed by atoms with Crippen molar-refractivity contribution in [1.82, 2.24) is 29.7 Å². The van der Waals surface area contributed by atoms with Gasteiger partial charge in [-0.05, 0) is 30.5 Å². The molecular weight excluding hydrogens is 522 g/mol. The van der Waals surface area contributed by atoms with Crippen LogP contribution in [-0.2, 0) is 22.4 Å². The molecule has 0 unspecified atom stereocenters. The predicted molar refractivity (Wildman–Crippen MR) is 156 cm³/mol. The molecule has 1 aromatic carbocycles. The molecule has 0 bridgehead atoms. The number of β-amino-alcohol motifs (C(OH)–C–C–N with tert-alkyl or cyclic N) is 1. The monoisotopic (exact) mass is 559 g/mol. The van der Waals surface area contributed by atoms with E-state index < -0.39 is 0 Å². The number of morpholine rings is 1. The van der Waals surface area contributed by atoms with Crippen LogP contribution in [0.1, 0.15) is 17.5 Å². The van der Waals surface area contributed by atoms with Crippen molar-refractivity contribution in [2.24, 2.45) is 0 Å². The number of fused-ring (bicyclic) bond motifs is 1. The van der Waals surface area contributed by atoms with Gasteiger partial charge in [0.1, 0.15) is 5.82 Å². The van der Waals surface area contributed by atoms with Crippen LogP contribution in [0.25, 0.3) is 11.3 Å². The average Bonchev–Trinajstić information content (AvgIpc) is 3.45. The summed E-state index contributed by atoms with van der Waals surface area (Å²) in [6.45, 7) is 7.42. The third-order valence-corrected chi connectivity index (χ3v) is 8.04. The number of piperazine rings is 1. The number of nitrogens with two attached hydrogens (primary N) is 1. The Bertz CT molecular complexity index is 1360. The molecule has 12 heteroatoms. The topological polar surface area (TPSA) is 137 Å². The molecule has 0 aliphatic carbocycles. The zero-order chi connectivity index (χ0) is 28.2. The molecule has 2 aromatic heterocycles. The molecule has 2 saturated heterocycles. The molecule has 0 atom stereocenters. The second-order valence-corrected chi connectivity index (χ2v) is 10.6. The summed E-state index contributed by atoms with van der Waals surface area (Å²) in [6.07, 6.45) is 5.40. The van der Waals surface area contributed by atoms with Crippen molar-refractivity contribution in [2.75, 3.05) is 87.7 Å². The van der Waals surface area contributed by atoms with E-state index in [2.05, 4.69) is 48.9 Å². The van der Waals surface area contributed by atoms with Gasteiger partial charge in [-0.1, -0.05) is 12.1 Å². The number of aliphatic hydroxyl groups excluding tert-OH is 1. The minimum absolute atomic E-state index is 0.156. The van der Waals surface area contributed by atoms with Crippen LogP contribution >= 0.6 is 0 Å². The molecule has 216 valence electrons. The summed E-state index contributed by atoms with van der Waals surface area (Å²) in [5.74, 6) is 1.98. The first-order chi connectivity index (χ1) is 20.1. The van der Waals surface area contributed by atoms with Crippen molar-refractivity contribution in [2.45, 2.75) is 19.3 Å². The van der Waals surface area contributed by atoms with Crippen molar-refractivity contribution >= 4 is 29.3 Å². The Balaban J connectivity index is 1.21. The van der Waals surface area contributed by atoms with Gasteiger partial charge in [0.2, 0.25) is 17.8 Å². The van der Waals surface area contributed by atoms with E-state index in [0.29, 0.717) is 38.5 Å². The van der Waals surface area contributed by atoms with Gasteiger partial charge >= 0.3 is 0 Å². The van der Waals surface area contributed by atoms with Gasteiger partial charge in [0.25, 0.3) is 0 Å². The van der Waals surface area contributed by atoms with E-state index in [9.17, 15) is 4.79 Å². The summed E-state index contributed by atoms with van der Waals surface area (Å²) < 4.78 is 5.56. The number of aryl methyl sites for hydroxylation is 1. The summed E-state index contributed by atoms with van der Waals surface area (Å²) in [5.41, 5.74) is 10.7. The first-order valence-electron chi connectivity index (χ1n) is 14.4. The number of hydrogen-bond donors (Lipinski definition) is 2. The predicted octanol–water partition coefficient (Wildman–Crippen LogP) is 1.12. The maximum Gasteiger partial charge on any atom is 0.228 e. The fourth-order valence-electron chi connectivity index (χ4n) is 5.75. The zero-order valence-corrected chi connectivity index (χ0v) is 23.3. The van der Waals surface area contributed by atoms with Crippen LogP contribution in [0.3, 0.4) is 0 Å². The van der Waals surface area contributed by atoms with Crippen molar-refractivity contribution < 1.29 is 14.6 Å². The minimum Gasteiger partial charge on any atom is -0.395 e. The molecule has 5 heterocycles. The van der Waals surface area contributed by atoms with Gasteiger partial charge in [-0.15, -0.1) is 0 Å². The number of amides is 1. The van der Waals surface area contributed by atoms with Gasteiger partial charge in [-0.25, -0.2) is 15.0 Å². The smallest absolute Gasteiger partial charge is 0.228 e. The second-order valence-electron chi connectivity index (χ2n) is 10.6. The number of rotatable bonds is 8. The Morgan fingerprint density at radius 3 is 2.54 bits per heavy atom. The van der Waals surface area contributed by atoms with Gasteiger partial charge in [0.05, 0.1) is 25.5 Å². The number of nitrogen functional groups attached to an aromatic ring is 1. The lowest BCUT2D eigenvalue weighted by Gasteiger charge is -2.34. The molecule has 2 fully saturated rings. The molecule has 1 amide bonds. The third kappa shape index (κ3) is 6.09. The van der Waals surface area contributed by atoms with E-state index in [1.165, 1.54) is 0 Å². The van der Waals surface area contributed by atoms with E-state index in [1.54, 1.807) is 12.4 Å². The Morgan fingerprint density at radius 1 is 1.00 bits per heavy atom. The number of ether oxygens (including phenoxy) is 1. The number of benzene rings is 1. The molecule has 3 N–H and O–H groups in total. The van der Waals surface area contributed by atoms with Crippen LogP contribution < -0.4 is 15.5 Å². The van der Waals surface area contributed by atoms with Gasteiger partial charge in [-0.3, -0.25) is 9.69 Å². The van der Waals surface area contributed by atoms with Gasteiger partial charge < -0.3 is 30.3 Å². The number of nitrogens with zero attached hydrogens (tertiary/aromatic N) is 8. The molecule has 41 heavy (non-hydrogen) atoms. The number of hydrogen-bond acceptors (Lipinski definition) is 11. The Hall–Kier alpha value is -3.87. The number of aromatic nitrogens is 4. The van der Waals surface area contributed by atoms with Gasteiger partial charge in [0.15, 0.2) is 0 Å². The summed E-state index contributed by atoms with van der Waals surface area (Å²) in [5, 5.41) is 9.16. The normalized spacial score (nSPS) is 17.6. The van der Waals surface area contributed by atoms with Crippen LogP contribution in [0.15, 0.2) is 36.7 Å².